The molecular formula is C12H17NO2S2. The summed E-state index contributed by atoms with van der Waals surface area (Å²) >= 11 is 3.25. The molecule has 0 aliphatic heterocycles. The molecule has 1 fully saturated rings. The summed E-state index contributed by atoms with van der Waals surface area (Å²) in [5.41, 5.74) is 0. The molecule has 0 saturated heterocycles. The molecule has 0 spiro atoms. The first-order valence-electron chi connectivity index (χ1n) is 5.99. The third-order valence-corrected chi connectivity index (χ3v) is 5.73. The molecule has 1 saturated carbocycles. The summed E-state index contributed by atoms with van der Waals surface area (Å²) in [5.74, 6) is -0.164. The summed E-state index contributed by atoms with van der Waals surface area (Å²) in [7, 11) is 0. The highest BCUT2D eigenvalue weighted by Gasteiger charge is 2.35. The van der Waals surface area contributed by atoms with Crippen molar-refractivity contribution in [3.05, 3.63) is 11.6 Å². The van der Waals surface area contributed by atoms with E-state index in [0.29, 0.717) is 5.92 Å². The van der Waals surface area contributed by atoms with Crippen molar-refractivity contribution in [1.82, 2.24) is 4.98 Å². The van der Waals surface area contributed by atoms with E-state index in [4.69, 9.17) is 0 Å². The van der Waals surface area contributed by atoms with E-state index in [-0.39, 0.29) is 11.2 Å². The van der Waals surface area contributed by atoms with Crippen molar-refractivity contribution in [1.29, 1.82) is 0 Å². The predicted molar refractivity (Wildman–Crippen MR) is 70.5 cm³/mol. The zero-order valence-corrected chi connectivity index (χ0v) is 11.5. The smallest absolute Gasteiger partial charge is 0.307 e. The van der Waals surface area contributed by atoms with Crippen molar-refractivity contribution < 1.29 is 9.90 Å². The van der Waals surface area contributed by atoms with Crippen LogP contribution in [-0.4, -0.2) is 21.3 Å². The standard InChI is InChI=1S/C12H17NO2S2/c1-2-8-3-4-9(11(14)15)10(7-8)17-12-13-5-6-16-12/h5-6,8-10H,2-4,7H2,1H3,(H,14,15). The van der Waals surface area contributed by atoms with E-state index in [1.165, 1.54) is 0 Å². The molecular weight excluding hydrogens is 254 g/mol. The number of carboxylic acid groups (broad SMARTS) is 1. The van der Waals surface area contributed by atoms with Gasteiger partial charge in [-0.05, 0) is 25.2 Å². The van der Waals surface area contributed by atoms with Crippen LogP contribution in [0.4, 0.5) is 0 Å². The maximum atomic E-state index is 11.3. The Labute approximate surface area is 110 Å². The molecule has 1 heterocycles. The molecule has 3 unspecified atom stereocenters. The number of thiazole rings is 1. The minimum atomic E-state index is -0.645. The molecule has 1 aromatic heterocycles. The van der Waals surface area contributed by atoms with Gasteiger partial charge in [0.15, 0.2) is 0 Å². The van der Waals surface area contributed by atoms with Crippen molar-refractivity contribution in [2.24, 2.45) is 11.8 Å². The molecule has 5 heteroatoms. The summed E-state index contributed by atoms with van der Waals surface area (Å²) in [6.45, 7) is 2.19. The van der Waals surface area contributed by atoms with Crippen LogP contribution in [-0.2, 0) is 4.79 Å². The van der Waals surface area contributed by atoms with Crippen LogP contribution in [0.3, 0.4) is 0 Å². The van der Waals surface area contributed by atoms with Gasteiger partial charge in [-0.1, -0.05) is 25.1 Å². The molecule has 0 amide bonds. The fourth-order valence-corrected chi connectivity index (χ4v) is 4.68. The minimum Gasteiger partial charge on any atom is -0.481 e. The number of hydrogen-bond donors (Lipinski definition) is 1. The highest BCUT2D eigenvalue weighted by molar-refractivity contribution is 8.01. The quantitative estimate of drug-likeness (QED) is 0.910. The summed E-state index contributed by atoms with van der Waals surface area (Å²) in [5, 5.41) is 11.4. The van der Waals surface area contributed by atoms with Crippen molar-refractivity contribution in [3.8, 4) is 0 Å². The Morgan fingerprint density at radius 2 is 2.47 bits per heavy atom. The Balaban J connectivity index is 2.05. The first-order chi connectivity index (χ1) is 8.20. The topological polar surface area (TPSA) is 50.2 Å². The predicted octanol–water partition coefficient (Wildman–Crippen LogP) is 3.51. The van der Waals surface area contributed by atoms with Crippen LogP contribution in [0.15, 0.2) is 15.9 Å². The van der Waals surface area contributed by atoms with E-state index in [1.807, 2.05) is 5.38 Å². The van der Waals surface area contributed by atoms with Crippen molar-refractivity contribution in [2.45, 2.75) is 42.2 Å². The maximum Gasteiger partial charge on any atom is 0.307 e. The van der Waals surface area contributed by atoms with Gasteiger partial charge in [-0.25, -0.2) is 4.98 Å². The maximum absolute atomic E-state index is 11.3. The Morgan fingerprint density at radius 1 is 1.65 bits per heavy atom. The highest BCUT2D eigenvalue weighted by atomic mass is 32.2. The monoisotopic (exact) mass is 271 g/mol. The summed E-state index contributed by atoms with van der Waals surface area (Å²) in [6.07, 6.45) is 5.82. The second-order valence-corrected chi connectivity index (χ2v) is 6.87. The number of carbonyl (C=O) groups is 1. The van der Waals surface area contributed by atoms with Gasteiger partial charge in [0.2, 0.25) is 0 Å². The average Bonchev–Trinajstić information content (AvgIpc) is 2.81. The summed E-state index contributed by atoms with van der Waals surface area (Å²) in [4.78, 5) is 15.5. The number of nitrogens with zero attached hydrogens (tertiary/aromatic N) is 1. The van der Waals surface area contributed by atoms with Crippen LogP contribution in [0.1, 0.15) is 32.6 Å². The molecule has 0 bridgehead atoms. The van der Waals surface area contributed by atoms with Crippen LogP contribution in [0.2, 0.25) is 0 Å². The molecule has 1 aliphatic rings. The number of aliphatic carboxylic acids is 1. The third kappa shape index (κ3) is 3.22. The fraction of sp³-hybridized carbons (Fsp3) is 0.667. The SMILES string of the molecule is CCC1CCC(C(=O)O)C(Sc2nccs2)C1. The molecule has 1 aliphatic carbocycles. The summed E-state index contributed by atoms with van der Waals surface area (Å²) in [6, 6.07) is 0. The van der Waals surface area contributed by atoms with E-state index in [9.17, 15) is 9.90 Å². The van der Waals surface area contributed by atoms with Gasteiger partial charge < -0.3 is 5.11 Å². The normalized spacial score (nSPS) is 29.1. The highest BCUT2D eigenvalue weighted by Crippen LogP contribution is 2.41. The van der Waals surface area contributed by atoms with Crippen LogP contribution in [0, 0.1) is 11.8 Å². The van der Waals surface area contributed by atoms with Gasteiger partial charge in [-0.15, -0.1) is 11.3 Å². The molecule has 2 rings (SSSR count). The van der Waals surface area contributed by atoms with E-state index < -0.39 is 5.97 Å². The lowest BCUT2D eigenvalue weighted by atomic mass is 9.80. The molecule has 0 aromatic carbocycles. The van der Waals surface area contributed by atoms with Gasteiger partial charge in [-0.2, -0.15) is 0 Å². The first-order valence-corrected chi connectivity index (χ1v) is 7.75. The van der Waals surface area contributed by atoms with Crippen LogP contribution in [0.25, 0.3) is 0 Å². The molecule has 94 valence electrons. The minimum absolute atomic E-state index is 0.192. The van der Waals surface area contributed by atoms with E-state index in [1.54, 1.807) is 29.3 Å². The van der Waals surface area contributed by atoms with Crippen LogP contribution in [0.5, 0.6) is 0 Å². The second kappa shape index (κ2) is 5.87. The number of rotatable bonds is 4. The van der Waals surface area contributed by atoms with Crippen molar-refractivity contribution >= 4 is 29.1 Å². The first kappa shape index (κ1) is 12.9. The van der Waals surface area contributed by atoms with E-state index in [0.717, 1.165) is 30.0 Å². The molecule has 0 radical (unpaired) electrons. The molecule has 17 heavy (non-hydrogen) atoms. The van der Waals surface area contributed by atoms with Gasteiger partial charge in [-0.3, -0.25) is 4.79 Å². The largest absolute Gasteiger partial charge is 0.481 e. The number of thioether (sulfide) groups is 1. The van der Waals surface area contributed by atoms with Gasteiger partial charge in [0, 0.05) is 16.8 Å². The fourth-order valence-electron chi connectivity index (χ4n) is 2.39. The van der Waals surface area contributed by atoms with E-state index in [2.05, 4.69) is 11.9 Å². The average molecular weight is 271 g/mol. The lowest BCUT2D eigenvalue weighted by molar-refractivity contribution is -0.142. The van der Waals surface area contributed by atoms with Crippen LogP contribution >= 0.6 is 23.1 Å². The van der Waals surface area contributed by atoms with Crippen LogP contribution < -0.4 is 0 Å². The molecule has 1 N–H and O–H groups in total. The van der Waals surface area contributed by atoms with Gasteiger partial charge in [0.1, 0.15) is 4.34 Å². The zero-order valence-electron chi connectivity index (χ0n) is 9.83. The number of hydrogen-bond acceptors (Lipinski definition) is 4. The lowest BCUT2D eigenvalue weighted by Crippen LogP contribution is -2.32. The Morgan fingerprint density at radius 3 is 3.06 bits per heavy atom. The van der Waals surface area contributed by atoms with E-state index >= 15 is 0 Å². The van der Waals surface area contributed by atoms with Crippen molar-refractivity contribution in [3.63, 3.8) is 0 Å². The zero-order chi connectivity index (χ0) is 12.3. The third-order valence-electron chi connectivity index (χ3n) is 3.46. The summed E-state index contributed by atoms with van der Waals surface area (Å²) < 4.78 is 0.998. The molecule has 1 aromatic rings. The Hall–Kier alpha value is -0.550. The number of aromatic nitrogens is 1. The second-order valence-electron chi connectivity index (χ2n) is 4.49. The molecule has 3 atom stereocenters. The lowest BCUT2D eigenvalue weighted by Gasteiger charge is -2.32. The molecule has 3 nitrogen and oxygen atoms in total. The van der Waals surface area contributed by atoms with Crippen molar-refractivity contribution in [2.75, 3.05) is 0 Å². The Bertz CT molecular complexity index is 367. The number of carboxylic acids is 1. The van der Waals surface area contributed by atoms with Gasteiger partial charge in [0.25, 0.3) is 0 Å². The van der Waals surface area contributed by atoms with Gasteiger partial charge >= 0.3 is 5.97 Å². The van der Waals surface area contributed by atoms with Gasteiger partial charge in [0.05, 0.1) is 5.92 Å². The Kier molecular flexibility index (Phi) is 4.45.